The van der Waals surface area contributed by atoms with Gasteiger partial charge in [-0.3, -0.25) is 14.9 Å². The van der Waals surface area contributed by atoms with Crippen LogP contribution >= 0.6 is 0 Å². The molecule has 1 fully saturated rings. The van der Waals surface area contributed by atoms with Crippen molar-refractivity contribution in [2.24, 2.45) is 0 Å². The molecule has 0 bridgehead atoms. The number of para-hydroxylation sites is 1. The highest BCUT2D eigenvalue weighted by Crippen LogP contribution is 2.18. The summed E-state index contributed by atoms with van der Waals surface area (Å²) in [5.74, 6) is -0.348. The molecule has 0 aliphatic carbocycles. The molecule has 1 amide bonds. The molecule has 0 saturated carbocycles. The zero-order valence-corrected chi connectivity index (χ0v) is 13.6. The van der Waals surface area contributed by atoms with Gasteiger partial charge in [0.2, 0.25) is 15.9 Å². The third kappa shape index (κ3) is 4.73. The highest BCUT2D eigenvalue weighted by molar-refractivity contribution is 7.88. The molecule has 2 rings (SSSR count). The molecule has 1 atom stereocenters. The molecule has 1 N–H and O–H groups in total. The second-order valence-corrected chi connectivity index (χ2v) is 7.57. The zero-order chi connectivity index (χ0) is 17.0. The van der Waals surface area contributed by atoms with Gasteiger partial charge >= 0.3 is 0 Å². The summed E-state index contributed by atoms with van der Waals surface area (Å²) in [5.41, 5.74) is 0.245. The maximum absolute atomic E-state index is 12.1. The van der Waals surface area contributed by atoms with Gasteiger partial charge in [0.1, 0.15) is 0 Å². The van der Waals surface area contributed by atoms with Gasteiger partial charge in [0, 0.05) is 30.8 Å². The largest absolute Gasteiger partial charge is 0.352 e. The number of piperidine rings is 1. The minimum atomic E-state index is -3.28. The Kier molecular flexibility index (Phi) is 5.32. The predicted octanol–water partition coefficient (Wildman–Crippen LogP) is 0.678. The second kappa shape index (κ2) is 7.05. The highest BCUT2D eigenvalue weighted by Gasteiger charge is 2.27. The summed E-state index contributed by atoms with van der Waals surface area (Å²) in [7, 11) is -3.28. The summed E-state index contributed by atoms with van der Waals surface area (Å²) in [6.45, 7) is 0.691. The van der Waals surface area contributed by atoms with E-state index >= 15 is 0 Å². The topological polar surface area (TPSA) is 110 Å². The smallest absolute Gasteiger partial charge is 0.273 e. The van der Waals surface area contributed by atoms with Crippen LogP contribution < -0.4 is 5.32 Å². The Hall–Kier alpha value is -2.00. The molecular weight excluding hydrogens is 322 g/mol. The van der Waals surface area contributed by atoms with Crippen molar-refractivity contribution in [2.75, 3.05) is 19.3 Å². The molecule has 23 heavy (non-hydrogen) atoms. The van der Waals surface area contributed by atoms with Gasteiger partial charge < -0.3 is 5.32 Å². The van der Waals surface area contributed by atoms with Gasteiger partial charge in [-0.05, 0) is 12.8 Å². The fourth-order valence-electron chi connectivity index (χ4n) is 2.65. The van der Waals surface area contributed by atoms with Crippen LogP contribution in [0.4, 0.5) is 5.69 Å². The normalized spacial score (nSPS) is 19.3. The lowest BCUT2D eigenvalue weighted by molar-refractivity contribution is -0.385. The van der Waals surface area contributed by atoms with E-state index < -0.39 is 14.9 Å². The van der Waals surface area contributed by atoms with E-state index in [2.05, 4.69) is 5.32 Å². The molecule has 8 nitrogen and oxygen atoms in total. The van der Waals surface area contributed by atoms with E-state index in [0.717, 1.165) is 6.26 Å². The highest BCUT2D eigenvalue weighted by atomic mass is 32.2. The number of nitro groups is 1. The first-order valence-corrected chi connectivity index (χ1v) is 9.09. The van der Waals surface area contributed by atoms with Crippen LogP contribution in [0.3, 0.4) is 0 Å². The lowest BCUT2D eigenvalue weighted by Gasteiger charge is -2.31. The molecule has 0 spiro atoms. The zero-order valence-electron chi connectivity index (χ0n) is 12.8. The fraction of sp³-hybridized carbons (Fsp3) is 0.500. The van der Waals surface area contributed by atoms with E-state index in [0.29, 0.717) is 24.9 Å². The Morgan fingerprint density at radius 3 is 2.78 bits per heavy atom. The molecule has 9 heteroatoms. The van der Waals surface area contributed by atoms with E-state index in [-0.39, 0.29) is 30.6 Å². The fourth-order valence-corrected chi connectivity index (χ4v) is 3.56. The maximum atomic E-state index is 12.1. The monoisotopic (exact) mass is 341 g/mol. The first-order valence-electron chi connectivity index (χ1n) is 7.24. The molecule has 1 aliphatic rings. The van der Waals surface area contributed by atoms with Crippen LogP contribution in [0.1, 0.15) is 18.4 Å². The van der Waals surface area contributed by atoms with Crippen LogP contribution in [0.5, 0.6) is 0 Å². The number of nitro benzene ring substituents is 1. The van der Waals surface area contributed by atoms with E-state index in [4.69, 9.17) is 0 Å². The lowest BCUT2D eigenvalue weighted by atomic mass is 10.1. The van der Waals surface area contributed by atoms with E-state index in [1.54, 1.807) is 18.2 Å². The number of nitrogens with one attached hydrogen (secondary N) is 1. The van der Waals surface area contributed by atoms with Crippen molar-refractivity contribution in [2.45, 2.75) is 25.3 Å². The minimum Gasteiger partial charge on any atom is -0.352 e. The number of sulfonamides is 1. The Morgan fingerprint density at radius 1 is 1.43 bits per heavy atom. The van der Waals surface area contributed by atoms with Gasteiger partial charge in [-0.15, -0.1) is 0 Å². The van der Waals surface area contributed by atoms with Gasteiger partial charge in [-0.1, -0.05) is 18.2 Å². The number of carbonyl (C=O) groups excluding carboxylic acids is 1. The molecule has 1 saturated heterocycles. The van der Waals surface area contributed by atoms with E-state index in [1.165, 1.54) is 10.4 Å². The Labute approximate surface area is 134 Å². The van der Waals surface area contributed by atoms with Crippen molar-refractivity contribution in [3.8, 4) is 0 Å². The molecule has 1 aromatic carbocycles. The van der Waals surface area contributed by atoms with Gasteiger partial charge in [0.05, 0.1) is 17.6 Å². The molecule has 1 aromatic rings. The summed E-state index contributed by atoms with van der Waals surface area (Å²) in [5, 5.41) is 13.7. The number of hydrogen-bond acceptors (Lipinski definition) is 5. The number of carbonyl (C=O) groups is 1. The van der Waals surface area contributed by atoms with Crippen LogP contribution in [0, 0.1) is 10.1 Å². The Bertz CT molecular complexity index is 704. The lowest BCUT2D eigenvalue weighted by Crippen LogP contribution is -2.49. The SMILES string of the molecule is CS(=O)(=O)N1CCCC(NC(=O)Cc2ccccc2[N+](=O)[O-])C1. The molecule has 0 radical (unpaired) electrons. The van der Waals surface area contributed by atoms with Crippen molar-refractivity contribution in [3.63, 3.8) is 0 Å². The van der Waals surface area contributed by atoms with Crippen LogP contribution in [-0.2, 0) is 21.2 Å². The summed E-state index contributed by atoms with van der Waals surface area (Å²) < 4.78 is 24.5. The summed E-state index contributed by atoms with van der Waals surface area (Å²) in [4.78, 5) is 22.5. The van der Waals surface area contributed by atoms with Crippen LogP contribution in [0.2, 0.25) is 0 Å². The summed E-state index contributed by atoms with van der Waals surface area (Å²) in [6, 6.07) is 5.82. The number of benzene rings is 1. The minimum absolute atomic E-state index is 0.0935. The van der Waals surface area contributed by atoms with Crippen molar-refractivity contribution in [1.82, 2.24) is 9.62 Å². The summed E-state index contributed by atoms with van der Waals surface area (Å²) in [6.07, 6.45) is 2.40. The molecule has 1 aliphatic heterocycles. The molecule has 1 unspecified atom stereocenters. The molecule has 1 heterocycles. The summed E-state index contributed by atoms with van der Waals surface area (Å²) >= 11 is 0. The predicted molar refractivity (Wildman–Crippen MR) is 84.4 cm³/mol. The van der Waals surface area contributed by atoms with Gasteiger partial charge in [0.15, 0.2) is 0 Å². The van der Waals surface area contributed by atoms with E-state index in [1.807, 2.05) is 0 Å². The average Bonchev–Trinajstić information content (AvgIpc) is 2.46. The molecular formula is C14H19N3O5S. The van der Waals surface area contributed by atoms with Crippen LogP contribution in [-0.4, -0.2) is 48.9 Å². The van der Waals surface area contributed by atoms with Crippen molar-refractivity contribution >= 4 is 21.6 Å². The Morgan fingerprint density at radius 2 is 2.13 bits per heavy atom. The molecule has 126 valence electrons. The maximum Gasteiger partial charge on any atom is 0.273 e. The van der Waals surface area contributed by atoms with Gasteiger partial charge in [0.25, 0.3) is 5.69 Å². The van der Waals surface area contributed by atoms with Crippen molar-refractivity contribution in [1.29, 1.82) is 0 Å². The Balaban J connectivity index is 1.99. The van der Waals surface area contributed by atoms with Crippen LogP contribution in [0.25, 0.3) is 0 Å². The van der Waals surface area contributed by atoms with Crippen molar-refractivity contribution < 1.29 is 18.1 Å². The van der Waals surface area contributed by atoms with Crippen LogP contribution in [0.15, 0.2) is 24.3 Å². The first-order chi connectivity index (χ1) is 10.8. The van der Waals surface area contributed by atoms with Crippen molar-refractivity contribution in [3.05, 3.63) is 39.9 Å². The quantitative estimate of drug-likeness (QED) is 0.625. The van der Waals surface area contributed by atoms with Gasteiger partial charge in [-0.25, -0.2) is 12.7 Å². The van der Waals surface area contributed by atoms with Gasteiger partial charge in [-0.2, -0.15) is 0 Å². The number of amides is 1. The number of hydrogen-bond donors (Lipinski definition) is 1. The third-order valence-electron chi connectivity index (χ3n) is 3.76. The molecule has 0 aromatic heterocycles. The average molecular weight is 341 g/mol. The second-order valence-electron chi connectivity index (χ2n) is 5.59. The number of nitrogens with zero attached hydrogens (tertiary/aromatic N) is 2. The third-order valence-corrected chi connectivity index (χ3v) is 5.03. The standard InChI is InChI=1S/C14H19N3O5S/c1-23(21,22)16-8-4-6-12(10-16)15-14(18)9-11-5-2-3-7-13(11)17(19)20/h2-3,5,7,12H,4,6,8-10H2,1H3,(H,15,18). The first kappa shape index (κ1) is 17.4. The number of rotatable bonds is 5. The van der Waals surface area contributed by atoms with E-state index in [9.17, 15) is 23.3 Å².